The summed E-state index contributed by atoms with van der Waals surface area (Å²) in [4.78, 5) is 18.9. The van der Waals surface area contributed by atoms with Gasteiger partial charge in [0.05, 0.1) is 36.3 Å². The summed E-state index contributed by atoms with van der Waals surface area (Å²) >= 11 is 6.35. The Morgan fingerprint density at radius 1 is 1.07 bits per heavy atom. The van der Waals surface area contributed by atoms with Crippen LogP contribution in [0.1, 0.15) is 12.8 Å². The Bertz CT molecular complexity index is 1750. The van der Waals surface area contributed by atoms with Crippen molar-refractivity contribution in [2.75, 3.05) is 47.1 Å². The molecule has 5 rings (SSSR count). The van der Waals surface area contributed by atoms with Crippen LogP contribution in [-0.2, 0) is 10.0 Å². The number of aliphatic hydroxyl groups is 1. The molecule has 2 aromatic heterocycles. The standard InChI is InChI=1S/C26H26ClF3N8O4S/c1-37(43(40,41)26(28,29)30)23-19(5-4-18-22(23)32-10-9-31-18)34-24-17(27)14-33-25(36-24)35-20-13-15(3-6-21(20)42-2)38-11-7-16(39)8-12-38/h3-6,9-10,13-14,16,39H,7-8,11-12H2,1-2H3,(H2,33,34,35,36). The van der Waals surface area contributed by atoms with Crippen LogP contribution in [0, 0.1) is 0 Å². The van der Waals surface area contributed by atoms with Crippen LogP contribution in [0.3, 0.4) is 0 Å². The van der Waals surface area contributed by atoms with Gasteiger partial charge in [-0.1, -0.05) is 11.6 Å². The normalized spacial score (nSPS) is 14.5. The number of benzene rings is 2. The SMILES string of the molecule is COc1ccc(N2CCC(O)CC2)cc1Nc1ncc(Cl)c(Nc2ccc3nccnc3c2N(C)S(=O)(=O)C(F)(F)F)n1. The van der Waals surface area contributed by atoms with Gasteiger partial charge >= 0.3 is 15.5 Å². The Balaban J connectivity index is 1.50. The lowest BCUT2D eigenvalue weighted by Crippen LogP contribution is -2.38. The van der Waals surface area contributed by atoms with Crippen molar-refractivity contribution >= 4 is 67.2 Å². The van der Waals surface area contributed by atoms with Crippen LogP contribution < -0.4 is 24.6 Å². The van der Waals surface area contributed by atoms with Crippen LogP contribution in [0.2, 0.25) is 5.02 Å². The molecule has 0 saturated carbocycles. The van der Waals surface area contributed by atoms with Crippen LogP contribution in [-0.4, -0.2) is 72.3 Å². The number of anilines is 6. The number of ether oxygens (including phenoxy) is 1. The van der Waals surface area contributed by atoms with Gasteiger partial charge in [0, 0.05) is 38.2 Å². The van der Waals surface area contributed by atoms with Gasteiger partial charge in [0.15, 0.2) is 5.82 Å². The van der Waals surface area contributed by atoms with Crippen molar-refractivity contribution in [3.8, 4) is 5.75 Å². The van der Waals surface area contributed by atoms with Gasteiger partial charge in [0.2, 0.25) is 5.95 Å². The molecule has 3 heterocycles. The molecular weight excluding hydrogens is 613 g/mol. The number of alkyl halides is 3. The van der Waals surface area contributed by atoms with Gasteiger partial charge in [-0.25, -0.2) is 4.98 Å². The smallest absolute Gasteiger partial charge is 0.495 e. The number of methoxy groups -OCH3 is 1. The highest BCUT2D eigenvalue weighted by molar-refractivity contribution is 7.93. The molecule has 228 valence electrons. The average Bonchev–Trinajstić information content (AvgIpc) is 2.98. The van der Waals surface area contributed by atoms with E-state index in [0.717, 1.165) is 12.7 Å². The van der Waals surface area contributed by atoms with Crippen molar-refractivity contribution in [1.82, 2.24) is 19.9 Å². The zero-order valence-corrected chi connectivity index (χ0v) is 24.4. The van der Waals surface area contributed by atoms with E-state index in [9.17, 15) is 26.7 Å². The number of nitrogens with zero attached hydrogens (tertiary/aromatic N) is 6. The van der Waals surface area contributed by atoms with Crippen LogP contribution in [0.5, 0.6) is 5.75 Å². The minimum atomic E-state index is -5.80. The van der Waals surface area contributed by atoms with Crippen molar-refractivity contribution in [1.29, 1.82) is 0 Å². The number of fused-ring (bicyclic) bond motifs is 1. The quantitative estimate of drug-likeness (QED) is 0.244. The first kappa shape index (κ1) is 30.3. The molecule has 2 aromatic carbocycles. The number of hydrogen-bond donors (Lipinski definition) is 3. The van der Waals surface area contributed by atoms with Gasteiger partial charge in [0.25, 0.3) is 0 Å². The second-order valence-corrected chi connectivity index (χ2v) is 11.9. The van der Waals surface area contributed by atoms with E-state index in [4.69, 9.17) is 16.3 Å². The van der Waals surface area contributed by atoms with E-state index in [1.165, 1.54) is 37.8 Å². The summed E-state index contributed by atoms with van der Waals surface area (Å²) in [6, 6.07) is 8.33. The lowest BCUT2D eigenvalue weighted by atomic mass is 10.1. The highest BCUT2D eigenvalue weighted by Crippen LogP contribution is 2.40. The molecule has 0 amide bonds. The summed E-state index contributed by atoms with van der Waals surface area (Å²) in [5, 5.41) is 15.8. The average molecular weight is 639 g/mol. The topological polar surface area (TPSA) is 146 Å². The number of piperidine rings is 1. The molecule has 4 aromatic rings. The number of rotatable bonds is 8. The fourth-order valence-electron chi connectivity index (χ4n) is 4.59. The molecule has 0 radical (unpaired) electrons. The van der Waals surface area contributed by atoms with Gasteiger partial charge in [-0.05, 0) is 43.2 Å². The summed E-state index contributed by atoms with van der Waals surface area (Å²) in [5.41, 5.74) is -4.59. The second kappa shape index (κ2) is 11.9. The number of halogens is 4. The predicted octanol–water partition coefficient (Wildman–Crippen LogP) is 4.82. The maximum Gasteiger partial charge on any atom is 0.516 e. The van der Waals surface area contributed by atoms with E-state index in [2.05, 4.69) is 35.5 Å². The minimum absolute atomic E-state index is 0.00432. The highest BCUT2D eigenvalue weighted by Gasteiger charge is 2.50. The number of hydrogen-bond acceptors (Lipinski definition) is 11. The van der Waals surface area contributed by atoms with Crippen molar-refractivity contribution in [2.45, 2.75) is 24.5 Å². The molecule has 0 spiro atoms. The molecule has 1 saturated heterocycles. The maximum atomic E-state index is 13.5. The van der Waals surface area contributed by atoms with E-state index in [1.54, 1.807) is 6.07 Å². The molecule has 1 aliphatic rings. The third-order valence-electron chi connectivity index (χ3n) is 6.84. The van der Waals surface area contributed by atoms with Gasteiger partial charge in [-0.3, -0.25) is 14.3 Å². The third-order valence-corrected chi connectivity index (χ3v) is 8.60. The Kier molecular flexibility index (Phi) is 8.36. The molecule has 0 bridgehead atoms. The number of sulfonamides is 1. The molecule has 17 heteroatoms. The maximum absolute atomic E-state index is 13.5. The highest BCUT2D eigenvalue weighted by atomic mass is 35.5. The Morgan fingerprint density at radius 2 is 1.79 bits per heavy atom. The van der Waals surface area contributed by atoms with E-state index >= 15 is 0 Å². The second-order valence-electron chi connectivity index (χ2n) is 9.55. The van der Waals surface area contributed by atoms with Crippen molar-refractivity contribution in [3.05, 3.63) is 53.9 Å². The monoisotopic (exact) mass is 638 g/mol. The number of aromatic nitrogens is 4. The molecule has 0 aliphatic carbocycles. The third kappa shape index (κ3) is 6.16. The van der Waals surface area contributed by atoms with Crippen molar-refractivity contribution < 1.29 is 31.4 Å². The Morgan fingerprint density at radius 3 is 2.49 bits per heavy atom. The van der Waals surface area contributed by atoms with Crippen molar-refractivity contribution in [2.24, 2.45) is 0 Å². The zero-order chi connectivity index (χ0) is 30.9. The zero-order valence-electron chi connectivity index (χ0n) is 22.8. The fraction of sp³-hybridized carbons (Fsp3) is 0.308. The van der Waals surface area contributed by atoms with E-state index < -0.39 is 21.2 Å². The van der Waals surface area contributed by atoms with Crippen LogP contribution in [0.25, 0.3) is 11.0 Å². The molecule has 12 nitrogen and oxygen atoms in total. The lowest BCUT2D eigenvalue weighted by Gasteiger charge is -2.32. The first-order valence-corrected chi connectivity index (χ1v) is 14.7. The first-order chi connectivity index (χ1) is 20.4. The largest absolute Gasteiger partial charge is 0.516 e. The van der Waals surface area contributed by atoms with Gasteiger partial charge in [-0.2, -0.15) is 26.6 Å². The molecule has 3 N–H and O–H groups in total. The summed E-state index contributed by atoms with van der Waals surface area (Å²) in [6.07, 6.45) is 4.80. The van der Waals surface area contributed by atoms with Gasteiger partial charge < -0.3 is 25.4 Å². The van der Waals surface area contributed by atoms with E-state index in [1.807, 2.05) is 12.1 Å². The Hall–Kier alpha value is -4.15. The summed E-state index contributed by atoms with van der Waals surface area (Å²) in [7, 11) is -3.53. The number of aliphatic hydroxyl groups excluding tert-OH is 1. The summed E-state index contributed by atoms with van der Waals surface area (Å²) < 4.78 is 70.9. The molecule has 0 unspecified atom stereocenters. The first-order valence-electron chi connectivity index (χ1n) is 12.9. The predicted molar refractivity (Wildman–Crippen MR) is 157 cm³/mol. The molecule has 43 heavy (non-hydrogen) atoms. The molecular formula is C26H26ClF3N8O4S. The summed E-state index contributed by atoms with van der Waals surface area (Å²) in [6.45, 7) is 1.35. The van der Waals surface area contributed by atoms with Gasteiger partial charge in [0.1, 0.15) is 22.0 Å². The number of nitrogens with one attached hydrogen (secondary N) is 2. The van der Waals surface area contributed by atoms with E-state index in [0.29, 0.717) is 37.4 Å². The summed E-state index contributed by atoms with van der Waals surface area (Å²) in [5.74, 6) is 0.527. The van der Waals surface area contributed by atoms with Crippen LogP contribution >= 0.6 is 11.6 Å². The minimum Gasteiger partial charge on any atom is -0.495 e. The molecule has 0 atom stereocenters. The van der Waals surface area contributed by atoms with Crippen LogP contribution in [0.4, 0.5) is 47.7 Å². The van der Waals surface area contributed by atoms with E-state index in [-0.39, 0.29) is 43.9 Å². The van der Waals surface area contributed by atoms with Crippen molar-refractivity contribution in [3.63, 3.8) is 0 Å². The van der Waals surface area contributed by atoms with Crippen LogP contribution in [0.15, 0.2) is 48.9 Å². The molecule has 1 fully saturated rings. The molecule has 1 aliphatic heterocycles. The lowest BCUT2D eigenvalue weighted by molar-refractivity contribution is -0.0436. The fourth-order valence-corrected chi connectivity index (χ4v) is 5.47. The van der Waals surface area contributed by atoms with Gasteiger partial charge in [-0.15, -0.1) is 0 Å². The Labute approximate surface area is 249 Å².